The van der Waals surface area contributed by atoms with Gasteiger partial charge in [-0.25, -0.2) is 0 Å². The Hall–Kier alpha value is -2.30. The van der Waals surface area contributed by atoms with Gasteiger partial charge in [0.15, 0.2) is 0 Å². The maximum absolute atomic E-state index is 13.2. The Bertz CT molecular complexity index is 1130. The third-order valence-corrected chi connectivity index (χ3v) is 26.6. The summed E-state index contributed by atoms with van der Waals surface area (Å²) >= 11 is -1.65. The number of carbonyl (C=O) groups excluding carboxylic acids is 1. The SMILES string of the molecule is O=C1CCCCCC([CH](Sc2ccccc2)[Sn]([c]2ccccc2)([c]2ccccc2)[c]2ccccc2)C1. The summed E-state index contributed by atoms with van der Waals surface area (Å²) in [4.78, 5) is 14.5. The second kappa shape index (κ2) is 12.3. The Labute approximate surface area is 224 Å². The molecule has 182 valence electrons. The number of hydrogen-bond acceptors (Lipinski definition) is 2. The van der Waals surface area contributed by atoms with Crippen LogP contribution >= 0.6 is 11.8 Å². The molecule has 0 aliphatic heterocycles. The number of thioether (sulfide) groups is 1. The van der Waals surface area contributed by atoms with Crippen LogP contribution in [0.5, 0.6) is 0 Å². The molecule has 3 heteroatoms. The first-order valence-corrected chi connectivity index (χ1v) is 20.0. The van der Waals surface area contributed by atoms with E-state index < -0.39 is 18.4 Å². The summed E-state index contributed by atoms with van der Waals surface area (Å²) in [5, 5.41) is 0. The molecule has 36 heavy (non-hydrogen) atoms. The van der Waals surface area contributed by atoms with Gasteiger partial charge in [-0.15, -0.1) is 0 Å². The molecule has 0 aromatic heterocycles. The average molecular weight is 597 g/mol. The van der Waals surface area contributed by atoms with E-state index in [-0.39, 0.29) is 0 Å². The zero-order valence-electron chi connectivity index (χ0n) is 20.8. The summed E-state index contributed by atoms with van der Waals surface area (Å²) < 4.78 is 4.84. The van der Waals surface area contributed by atoms with Crippen molar-refractivity contribution in [3.63, 3.8) is 0 Å². The number of hydrogen-bond donors (Lipinski definition) is 0. The van der Waals surface area contributed by atoms with Gasteiger partial charge < -0.3 is 0 Å². The molecule has 0 saturated heterocycles. The van der Waals surface area contributed by atoms with Crippen molar-refractivity contribution < 1.29 is 4.79 Å². The molecule has 4 aromatic carbocycles. The van der Waals surface area contributed by atoms with Crippen LogP contribution in [0, 0.1) is 5.92 Å². The third-order valence-electron chi connectivity index (χ3n) is 7.57. The first-order chi connectivity index (χ1) is 17.8. The Kier molecular flexibility index (Phi) is 8.66. The Morgan fingerprint density at radius 1 is 0.611 bits per heavy atom. The van der Waals surface area contributed by atoms with E-state index in [0.717, 1.165) is 25.7 Å². The van der Waals surface area contributed by atoms with Gasteiger partial charge in [-0.2, -0.15) is 0 Å². The number of Topliss-reactive ketones (excluding diaryl/α,β-unsaturated/α-hetero) is 1. The van der Waals surface area contributed by atoms with Crippen LogP contribution in [-0.4, -0.2) is 27.4 Å². The molecule has 2 unspecified atom stereocenters. The van der Waals surface area contributed by atoms with Crippen LogP contribution in [0.4, 0.5) is 0 Å². The molecule has 0 N–H and O–H groups in total. The third kappa shape index (κ3) is 5.50. The first kappa shape index (κ1) is 25.4. The van der Waals surface area contributed by atoms with Crippen LogP contribution < -0.4 is 10.7 Å². The van der Waals surface area contributed by atoms with E-state index in [1.807, 2.05) is 11.8 Å². The van der Waals surface area contributed by atoms with Gasteiger partial charge in [-0.05, 0) is 0 Å². The van der Waals surface area contributed by atoms with Crippen molar-refractivity contribution in [2.45, 2.75) is 46.7 Å². The van der Waals surface area contributed by atoms with Crippen molar-refractivity contribution in [3.05, 3.63) is 121 Å². The van der Waals surface area contributed by atoms with E-state index in [9.17, 15) is 4.79 Å². The zero-order chi connectivity index (χ0) is 24.6. The summed E-state index contributed by atoms with van der Waals surface area (Å²) in [6.07, 6.45) is 5.99. The minimum atomic E-state index is -3.69. The van der Waals surface area contributed by atoms with Crippen molar-refractivity contribution in [2.75, 3.05) is 0 Å². The summed E-state index contributed by atoms with van der Waals surface area (Å²) in [6, 6.07) is 44.8. The van der Waals surface area contributed by atoms with E-state index in [4.69, 9.17) is 0 Å². The van der Waals surface area contributed by atoms with Gasteiger partial charge in [0.05, 0.1) is 0 Å². The van der Waals surface area contributed by atoms with Crippen molar-refractivity contribution in [1.29, 1.82) is 0 Å². The van der Waals surface area contributed by atoms with Gasteiger partial charge >= 0.3 is 225 Å². The fourth-order valence-corrected chi connectivity index (χ4v) is 27.2. The van der Waals surface area contributed by atoms with Gasteiger partial charge in [-0.3, -0.25) is 0 Å². The molecule has 5 rings (SSSR count). The number of benzene rings is 4. The van der Waals surface area contributed by atoms with Crippen molar-refractivity contribution >= 4 is 46.7 Å². The van der Waals surface area contributed by atoms with Gasteiger partial charge in [0.2, 0.25) is 0 Å². The van der Waals surface area contributed by atoms with Crippen LogP contribution in [0.3, 0.4) is 0 Å². The minimum absolute atomic E-state index is 0.357. The quantitative estimate of drug-likeness (QED) is 0.181. The van der Waals surface area contributed by atoms with Crippen molar-refractivity contribution in [1.82, 2.24) is 0 Å². The van der Waals surface area contributed by atoms with Crippen LogP contribution in [0.25, 0.3) is 0 Å². The fourth-order valence-electron chi connectivity index (χ4n) is 5.94. The fraction of sp³-hybridized carbons (Fsp3) is 0.242. The molecule has 0 radical (unpaired) electrons. The van der Waals surface area contributed by atoms with Crippen molar-refractivity contribution in [3.8, 4) is 0 Å². The van der Waals surface area contributed by atoms with E-state index >= 15 is 0 Å². The molecule has 0 bridgehead atoms. The monoisotopic (exact) mass is 598 g/mol. The molecule has 4 aromatic rings. The van der Waals surface area contributed by atoms with Crippen LogP contribution in [0.1, 0.15) is 38.5 Å². The van der Waals surface area contributed by atoms with Crippen LogP contribution in [0.2, 0.25) is 0 Å². The number of carbonyl (C=O) groups is 1. The Balaban J connectivity index is 1.79. The molecule has 1 nitrogen and oxygen atoms in total. The van der Waals surface area contributed by atoms with Gasteiger partial charge in [0.1, 0.15) is 0 Å². The first-order valence-electron chi connectivity index (χ1n) is 13.2. The molecule has 1 aliphatic rings. The van der Waals surface area contributed by atoms with E-state index in [1.54, 1.807) is 0 Å². The predicted octanol–water partition coefficient (Wildman–Crippen LogP) is 6.40. The molecule has 0 amide bonds. The summed E-state index contributed by atoms with van der Waals surface area (Å²) in [5.41, 5.74) is 0. The molecular weight excluding hydrogens is 563 g/mol. The maximum atomic E-state index is 13.2. The molecule has 0 heterocycles. The number of ketones is 1. The normalized spacial score (nSPS) is 17.7. The summed E-state index contributed by atoms with van der Waals surface area (Å²) in [6.45, 7) is 0. The van der Waals surface area contributed by atoms with E-state index in [0.29, 0.717) is 21.4 Å². The summed E-state index contributed by atoms with van der Waals surface area (Å²) in [7, 11) is 0. The van der Waals surface area contributed by atoms with Gasteiger partial charge in [-0.1, -0.05) is 0 Å². The molecular formula is C33H34OSSn. The topological polar surface area (TPSA) is 17.1 Å². The van der Waals surface area contributed by atoms with Crippen LogP contribution in [-0.2, 0) is 4.79 Å². The number of rotatable bonds is 7. The second-order valence-corrected chi connectivity index (χ2v) is 23.6. The molecule has 2 atom stereocenters. The zero-order valence-corrected chi connectivity index (χ0v) is 24.4. The second-order valence-electron chi connectivity index (χ2n) is 9.86. The Morgan fingerprint density at radius 2 is 1.08 bits per heavy atom. The molecule has 1 fully saturated rings. The van der Waals surface area contributed by atoms with Gasteiger partial charge in [0.25, 0.3) is 0 Å². The molecule has 1 aliphatic carbocycles. The average Bonchev–Trinajstić information content (AvgIpc) is 2.93. The molecule has 0 spiro atoms. The predicted molar refractivity (Wildman–Crippen MR) is 156 cm³/mol. The molecule has 1 saturated carbocycles. The van der Waals surface area contributed by atoms with E-state index in [2.05, 4.69) is 121 Å². The Morgan fingerprint density at radius 3 is 1.58 bits per heavy atom. The van der Waals surface area contributed by atoms with Crippen LogP contribution in [0.15, 0.2) is 126 Å². The van der Waals surface area contributed by atoms with Crippen molar-refractivity contribution in [2.24, 2.45) is 5.92 Å². The standard InChI is InChI=1S/C15H19OS.3C6H5.Sn/c16-14-8-4-1-3-7-13(11-14)12-17-15-9-5-2-6-10-15;3*1-2-4-6-5-3-1;/h2,5-6,9-10,12-13H,1,3-4,7-8,11H2;3*1-5H;. The summed E-state index contributed by atoms with van der Waals surface area (Å²) in [5.74, 6) is 0.812. The van der Waals surface area contributed by atoms with E-state index in [1.165, 1.54) is 22.1 Å². The van der Waals surface area contributed by atoms with Gasteiger partial charge in [0, 0.05) is 0 Å².